The molecule has 0 amide bonds. The molecule has 43 heavy (non-hydrogen) atoms. The topological polar surface area (TPSA) is 16.4 Å². The minimum absolute atomic E-state index is 0.925. The molecule has 0 atom stereocenters. The normalized spacial score (nSPS) is 11.7. The molecular weight excluding hydrogens is 543 g/mol. The maximum Gasteiger partial charge on any atom is 0.143 e. The molecule has 0 aliphatic carbocycles. The molecule has 0 bridgehead atoms. The molecule has 2 heterocycles. The number of rotatable bonds is 4. The van der Waals surface area contributed by atoms with E-state index in [2.05, 4.69) is 144 Å². The van der Waals surface area contributed by atoms with Crippen LogP contribution in [0.25, 0.3) is 64.0 Å². The highest BCUT2D eigenvalue weighted by atomic mass is 32.1. The molecule has 0 aliphatic heterocycles. The van der Waals surface area contributed by atoms with E-state index in [-0.39, 0.29) is 0 Å². The van der Waals surface area contributed by atoms with Gasteiger partial charge in [-0.3, -0.25) is 0 Å². The van der Waals surface area contributed by atoms with Crippen LogP contribution in [0.5, 0.6) is 0 Å². The van der Waals surface area contributed by atoms with Crippen LogP contribution in [0.3, 0.4) is 0 Å². The van der Waals surface area contributed by atoms with Crippen molar-refractivity contribution < 1.29 is 4.42 Å². The van der Waals surface area contributed by atoms with E-state index in [4.69, 9.17) is 4.42 Å². The van der Waals surface area contributed by atoms with Crippen molar-refractivity contribution >= 4 is 81.3 Å². The SMILES string of the molecule is c1ccc(N(c2ccc(-c3ccc4ccc5c6ccccc6oc5c4c3)cc2)c2ccc3sc4ccccc4c3c2)cc1. The predicted molar refractivity (Wildman–Crippen MR) is 184 cm³/mol. The molecule has 0 saturated carbocycles. The van der Waals surface area contributed by atoms with Crippen LogP contribution in [0, 0.1) is 0 Å². The lowest BCUT2D eigenvalue weighted by Gasteiger charge is -2.26. The van der Waals surface area contributed by atoms with Gasteiger partial charge in [-0.1, -0.05) is 84.9 Å². The molecule has 7 aromatic carbocycles. The van der Waals surface area contributed by atoms with Gasteiger partial charge in [0, 0.05) is 53.4 Å². The summed E-state index contributed by atoms with van der Waals surface area (Å²) in [6.45, 7) is 0. The molecule has 2 nitrogen and oxygen atoms in total. The number of benzene rings is 7. The molecule has 3 heteroatoms. The maximum atomic E-state index is 6.35. The van der Waals surface area contributed by atoms with E-state index in [1.54, 1.807) is 0 Å². The van der Waals surface area contributed by atoms with Crippen molar-refractivity contribution in [2.45, 2.75) is 0 Å². The third-order valence-corrected chi connectivity index (χ3v) is 9.60. The Morgan fingerprint density at radius 1 is 0.419 bits per heavy atom. The second kappa shape index (κ2) is 9.59. The monoisotopic (exact) mass is 567 g/mol. The number of hydrogen-bond donors (Lipinski definition) is 0. The number of thiophene rings is 1. The van der Waals surface area contributed by atoms with Crippen molar-refractivity contribution in [3.63, 3.8) is 0 Å². The summed E-state index contributed by atoms with van der Waals surface area (Å²) in [7, 11) is 0. The lowest BCUT2D eigenvalue weighted by atomic mass is 9.99. The molecule has 0 N–H and O–H groups in total. The van der Waals surface area contributed by atoms with Crippen LogP contribution in [0.4, 0.5) is 17.1 Å². The first-order valence-electron chi connectivity index (χ1n) is 14.5. The van der Waals surface area contributed by atoms with Gasteiger partial charge in [0.05, 0.1) is 0 Å². The average molecular weight is 568 g/mol. The van der Waals surface area contributed by atoms with Crippen molar-refractivity contribution in [2.24, 2.45) is 0 Å². The van der Waals surface area contributed by atoms with Gasteiger partial charge in [-0.2, -0.15) is 0 Å². The number of anilines is 3. The Labute approximate surface area is 252 Å². The van der Waals surface area contributed by atoms with Crippen LogP contribution in [0.2, 0.25) is 0 Å². The third-order valence-electron chi connectivity index (χ3n) is 8.45. The van der Waals surface area contributed by atoms with Crippen molar-refractivity contribution in [1.82, 2.24) is 0 Å². The van der Waals surface area contributed by atoms with Gasteiger partial charge in [-0.25, -0.2) is 0 Å². The summed E-state index contributed by atoms with van der Waals surface area (Å²) in [6, 6.07) is 54.3. The summed E-state index contributed by atoms with van der Waals surface area (Å²) < 4.78 is 8.98. The number of fused-ring (bicyclic) bond motifs is 8. The van der Waals surface area contributed by atoms with Gasteiger partial charge in [-0.15, -0.1) is 11.3 Å². The summed E-state index contributed by atoms with van der Waals surface area (Å²) in [5.41, 5.74) is 7.61. The third kappa shape index (κ3) is 3.93. The van der Waals surface area contributed by atoms with Crippen molar-refractivity contribution in [3.8, 4) is 11.1 Å². The van der Waals surface area contributed by atoms with Crippen LogP contribution in [-0.4, -0.2) is 0 Å². The number of para-hydroxylation sites is 2. The summed E-state index contributed by atoms with van der Waals surface area (Å²) in [5, 5.41) is 7.23. The fourth-order valence-electron chi connectivity index (χ4n) is 6.36. The molecule has 0 aliphatic rings. The highest BCUT2D eigenvalue weighted by Gasteiger charge is 2.15. The quantitative estimate of drug-likeness (QED) is 0.210. The number of furan rings is 1. The zero-order chi connectivity index (χ0) is 28.3. The van der Waals surface area contributed by atoms with E-state index in [0.717, 1.165) is 44.4 Å². The van der Waals surface area contributed by atoms with Gasteiger partial charge in [0.2, 0.25) is 0 Å². The van der Waals surface area contributed by atoms with E-state index < -0.39 is 0 Å². The fourth-order valence-corrected chi connectivity index (χ4v) is 7.45. The highest BCUT2D eigenvalue weighted by Crippen LogP contribution is 2.41. The Morgan fingerprint density at radius 3 is 1.98 bits per heavy atom. The van der Waals surface area contributed by atoms with Crippen LogP contribution in [-0.2, 0) is 0 Å². The smallest absolute Gasteiger partial charge is 0.143 e. The second-order valence-corrected chi connectivity index (χ2v) is 12.1. The predicted octanol–water partition coefficient (Wildman–Crippen LogP) is 12.2. The van der Waals surface area contributed by atoms with Crippen LogP contribution < -0.4 is 4.90 Å². The van der Waals surface area contributed by atoms with Crippen LogP contribution in [0.1, 0.15) is 0 Å². The molecule has 2 aromatic heterocycles. The average Bonchev–Trinajstić information content (AvgIpc) is 3.64. The molecule has 0 radical (unpaired) electrons. The molecule has 0 unspecified atom stereocenters. The second-order valence-electron chi connectivity index (χ2n) is 11.0. The molecular formula is C40H25NOS. The largest absolute Gasteiger partial charge is 0.455 e. The van der Waals surface area contributed by atoms with Gasteiger partial charge >= 0.3 is 0 Å². The van der Waals surface area contributed by atoms with Gasteiger partial charge in [-0.05, 0) is 83.2 Å². The standard InChI is InChI=1S/C40H25NOS/c1-2-8-29(9-3-1)41(31-21-23-39-36(25-31)33-11-5-7-13-38(33)43-39)30-19-16-26(17-20-30)28-15-14-27-18-22-34-32-10-4-6-12-37(32)42-40(34)35(27)24-28/h1-25H. The molecule has 0 spiro atoms. The first-order chi connectivity index (χ1) is 21.3. The summed E-state index contributed by atoms with van der Waals surface area (Å²) in [6.07, 6.45) is 0. The van der Waals surface area contributed by atoms with Gasteiger partial charge in [0.15, 0.2) is 0 Å². The summed E-state index contributed by atoms with van der Waals surface area (Å²) in [4.78, 5) is 2.34. The van der Waals surface area contributed by atoms with Crippen molar-refractivity contribution in [1.29, 1.82) is 0 Å². The molecule has 0 fully saturated rings. The maximum absolute atomic E-state index is 6.35. The van der Waals surface area contributed by atoms with Gasteiger partial charge in [0.25, 0.3) is 0 Å². The molecule has 202 valence electrons. The Kier molecular flexibility index (Phi) is 5.40. The highest BCUT2D eigenvalue weighted by molar-refractivity contribution is 7.25. The Balaban J connectivity index is 1.15. The lowest BCUT2D eigenvalue weighted by molar-refractivity contribution is 0.672. The summed E-state index contributed by atoms with van der Waals surface area (Å²) in [5.74, 6) is 0. The van der Waals surface area contributed by atoms with E-state index in [1.165, 1.54) is 36.7 Å². The number of nitrogens with zero attached hydrogens (tertiary/aromatic N) is 1. The summed E-state index contributed by atoms with van der Waals surface area (Å²) >= 11 is 1.85. The van der Waals surface area contributed by atoms with Gasteiger partial charge in [0.1, 0.15) is 11.2 Å². The van der Waals surface area contributed by atoms with Crippen LogP contribution in [0.15, 0.2) is 156 Å². The van der Waals surface area contributed by atoms with E-state index in [0.29, 0.717) is 0 Å². The first kappa shape index (κ1) is 24.2. The molecule has 0 saturated heterocycles. The van der Waals surface area contributed by atoms with Crippen molar-refractivity contribution in [3.05, 3.63) is 152 Å². The minimum Gasteiger partial charge on any atom is -0.455 e. The first-order valence-corrected chi connectivity index (χ1v) is 15.3. The number of hydrogen-bond acceptors (Lipinski definition) is 3. The zero-order valence-electron chi connectivity index (χ0n) is 23.2. The minimum atomic E-state index is 0.925. The van der Waals surface area contributed by atoms with Crippen LogP contribution >= 0.6 is 11.3 Å². The Hall–Kier alpha value is -5.38. The van der Waals surface area contributed by atoms with E-state index >= 15 is 0 Å². The van der Waals surface area contributed by atoms with Gasteiger partial charge < -0.3 is 9.32 Å². The lowest BCUT2D eigenvalue weighted by Crippen LogP contribution is -2.09. The van der Waals surface area contributed by atoms with E-state index in [9.17, 15) is 0 Å². The van der Waals surface area contributed by atoms with Crippen molar-refractivity contribution in [2.75, 3.05) is 4.90 Å². The molecule has 9 rings (SSSR count). The zero-order valence-corrected chi connectivity index (χ0v) is 24.0. The Bertz CT molecular complexity index is 2450. The fraction of sp³-hybridized carbons (Fsp3) is 0. The Morgan fingerprint density at radius 2 is 1.09 bits per heavy atom. The van der Waals surface area contributed by atoms with E-state index in [1.807, 2.05) is 23.5 Å². The molecule has 9 aromatic rings.